The second-order valence-corrected chi connectivity index (χ2v) is 9.13. The van der Waals surface area contributed by atoms with E-state index in [0.29, 0.717) is 24.5 Å². The van der Waals surface area contributed by atoms with Crippen LogP contribution in [0.1, 0.15) is 21.6 Å². The maximum atomic E-state index is 15.4. The summed E-state index contributed by atoms with van der Waals surface area (Å²) >= 11 is 0. The van der Waals surface area contributed by atoms with Crippen molar-refractivity contribution in [3.63, 3.8) is 0 Å². The number of imidazole rings is 1. The number of pyridine rings is 1. The van der Waals surface area contributed by atoms with Gasteiger partial charge < -0.3 is 28.8 Å². The lowest BCUT2D eigenvalue weighted by atomic mass is 10.0. The smallest absolute Gasteiger partial charge is 0.409 e. The molecule has 2 saturated heterocycles. The normalized spacial score (nSPS) is 18.4. The summed E-state index contributed by atoms with van der Waals surface area (Å²) in [7, 11) is 1.31. The molecule has 9 nitrogen and oxygen atoms in total. The van der Waals surface area contributed by atoms with Gasteiger partial charge in [0.05, 0.1) is 49.4 Å². The van der Waals surface area contributed by atoms with E-state index in [1.807, 2.05) is 13.0 Å². The number of amides is 2. The number of benzene rings is 1. The number of ether oxygens (including phenoxy) is 2. The quantitative estimate of drug-likeness (QED) is 0.591. The lowest BCUT2D eigenvalue weighted by molar-refractivity contribution is -0.0241. The van der Waals surface area contributed by atoms with Gasteiger partial charge in [0.15, 0.2) is 0 Å². The van der Waals surface area contributed by atoms with E-state index in [0.717, 1.165) is 17.7 Å². The summed E-state index contributed by atoms with van der Waals surface area (Å²) in [6.45, 7) is 3.09. The molecule has 1 aromatic carbocycles. The van der Waals surface area contributed by atoms with Gasteiger partial charge in [-0.2, -0.15) is 0 Å². The molecule has 5 rings (SSSR count). The lowest BCUT2D eigenvalue weighted by Crippen LogP contribution is -2.53. The highest BCUT2D eigenvalue weighted by Crippen LogP contribution is 2.32. The van der Waals surface area contributed by atoms with Gasteiger partial charge in [0.2, 0.25) is 0 Å². The average molecular weight is 501 g/mol. The minimum Gasteiger partial charge on any atom is -0.453 e. The summed E-state index contributed by atoms with van der Waals surface area (Å²) in [6.07, 6.45) is 0.481. The van der Waals surface area contributed by atoms with E-state index in [4.69, 9.17) is 9.47 Å². The molecule has 4 heterocycles. The minimum atomic E-state index is -0.915. The summed E-state index contributed by atoms with van der Waals surface area (Å²) in [5, 5.41) is 9.44. The minimum absolute atomic E-state index is 0.104. The van der Waals surface area contributed by atoms with Gasteiger partial charge >= 0.3 is 6.09 Å². The van der Waals surface area contributed by atoms with E-state index < -0.39 is 35.8 Å². The number of aliphatic hydroxyl groups excluding tert-OH is 1. The van der Waals surface area contributed by atoms with Crippen molar-refractivity contribution in [1.82, 2.24) is 19.2 Å². The number of rotatable bonds is 4. The molecule has 2 aliphatic rings. The standard InChI is InChI=1S/C25H26F2N4O5/c1-14-3-4-31-20(10-17-13-29(5-6-36-17)25(34)35-2)23(28-21(31)7-14)22-18(26)8-15(9-19(22)27)24(33)30-11-16(32)12-30/h3-4,7-9,16-17,32H,5-6,10-13H2,1-2H3. The Labute approximate surface area is 205 Å². The number of β-amino-alcohol motifs (C(OH)–C–C–N with tert-alkyl or cyclic N) is 1. The van der Waals surface area contributed by atoms with E-state index in [1.165, 1.54) is 16.9 Å². The first-order valence-electron chi connectivity index (χ1n) is 11.6. The predicted molar refractivity (Wildman–Crippen MR) is 125 cm³/mol. The van der Waals surface area contributed by atoms with Crippen LogP contribution in [0, 0.1) is 18.6 Å². The predicted octanol–water partition coefficient (Wildman–Crippen LogP) is 2.41. The highest BCUT2D eigenvalue weighted by molar-refractivity contribution is 5.95. The van der Waals surface area contributed by atoms with Crippen LogP contribution in [-0.2, 0) is 15.9 Å². The second kappa shape index (κ2) is 9.47. The van der Waals surface area contributed by atoms with E-state index in [2.05, 4.69) is 4.98 Å². The molecular formula is C25H26F2N4O5. The molecule has 0 radical (unpaired) electrons. The summed E-state index contributed by atoms with van der Waals surface area (Å²) in [5.41, 5.74) is 1.58. The SMILES string of the molecule is COC(=O)N1CCOC(Cc2c(-c3c(F)cc(C(=O)N4CC(O)C4)cc3F)nc3cc(C)ccn23)C1. The fraction of sp³-hybridized carbons (Fsp3) is 0.400. The fourth-order valence-corrected chi connectivity index (χ4v) is 4.67. The molecule has 0 bridgehead atoms. The Bertz CT molecular complexity index is 1310. The van der Waals surface area contributed by atoms with Gasteiger partial charge in [0, 0.05) is 37.8 Å². The molecule has 36 heavy (non-hydrogen) atoms. The third-order valence-electron chi connectivity index (χ3n) is 6.55. The number of likely N-dealkylation sites (tertiary alicyclic amines) is 1. The largest absolute Gasteiger partial charge is 0.453 e. The number of aryl methyl sites for hydroxylation is 1. The number of fused-ring (bicyclic) bond motifs is 1. The molecule has 1 atom stereocenters. The molecule has 11 heteroatoms. The zero-order valence-corrected chi connectivity index (χ0v) is 19.9. The highest BCUT2D eigenvalue weighted by atomic mass is 19.1. The number of halogens is 2. The van der Waals surface area contributed by atoms with E-state index in [9.17, 15) is 14.7 Å². The van der Waals surface area contributed by atoms with Crippen LogP contribution >= 0.6 is 0 Å². The van der Waals surface area contributed by atoms with Gasteiger partial charge in [-0.05, 0) is 36.8 Å². The zero-order chi connectivity index (χ0) is 25.6. The van der Waals surface area contributed by atoms with Gasteiger partial charge in [-0.3, -0.25) is 4.79 Å². The van der Waals surface area contributed by atoms with Crippen LogP contribution in [0.4, 0.5) is 13.6 Å². The van der Waals surface area contributed by atoms with Crippen molar-refractivity contribution < 1.29 is 33.0 Å². The van der Waals surface area contributed by atoms with Crippen LogP contribution in [0.5, 0.6) is 0 Å². The summed E-state index contributed by atoms with van der Waals surface area (Å²) in [4.78, 5) is 31.9. The summed E-state index contributed by atoms with van der Waals surface area (Å²) in [6, 6.07) is 5.67. The fourth-order valence-electron chi connectivity index (χ4n) is 4.67. The number of carbonyl (C=O) groups excluding carboxylic acids is 2. The van der Waals surface area contributed by atoms with Crippen LogP contribution in [0.15, 0.2) is 30.5 Å². The first kappa shape index (κ1) is 24.1. The van der Waals surface area contributed by atoms with Gasteiger partial charge in [-0.15, -0.1) is 0 Å². The number of hydrogen-bond acceptors (Lipinski definition) is 6. The van der Waals surface area contributed by atoms with Crippen molar-refractivity contribution >= 4 is 17.6 Å². The van der Waals surface area contributed by atoms with Gasteiger partial charge in [-0.25, -0.2) is 18.6 Å². The first-order valence-corrected chi connectivity index (χ1v) is 11.6. The molecule has 0 spiro atoms. The molecule has 2 aromatic heterocycles. The monoisotopic (exact) mass is 500 g/mol. The van der Waals surface area contributed by atoms with E-state index in [-0.39, 0.29) is 42.9 Å². The number of carbonyl (C=O) groups is 2. The topological polar surface area (TPSA) is 96.6 Å². The van der Waals surface area contributed by atoms with Crippen molar-refractivity contribution in [2.75, 3.05) is 39.9 Å². The first-order chi connectivity index (χ1) is 17.2. The van der Waals surface area contributed by atoms with Crippen LogP contribution in [0.2, 0.25) is 0 Å². The molecule has 1 unspecified atom stereocenters. The molecule has 2 aliphatic heterocycles. The Balaban J connectivity index is 1.53. The Kier molecular flexibility index (Phi) is 6.35. The number of nitrogens with zero attached hydrogens (tertiary/aromatic N) is 4. The summed E-state index contributed by atoms with van der Waals surface area (Å²) in [5.74, 6) is -2.38. The van der Waals surface area contributed by atoms with Gasteiger partial charge in [0.25, 0.3) is 5.91 Å². The van der Waals surface area contributed by atoms with E-state index in [1.54, 1.807) is 16.7 Å². The molecule has 190 valence electrons. The maximum absolute atomic E-state index is 15.4. The van der Waals surface area contributed by atoms with Crippen molar-refractivity contribution in [3.05, 3.63) is 58.9 Å². The molecule has 1 N–H and O–H groups in total. The molecule has 2 fully saturated rings. The zero-order valence-electron chi connectivity index (χ0n) is 19.9. The van der Waals surface area contributed by atoms with Crippen molar-refractivity contribution in [2.24, 2.45) is 0 Å². The Morgan fingerprint density at radius 2 is 1.89 bits per heavy atom. The van der Waals surface area contributed by atoms with Crippen LogP contribution < -0.4 is 0 Å². The Morgan fingerprint density at radius 1 is 1.17 bits per heavy atom. The molecule has 0 saturated carbocycles. The van der Waals surface area contributed by atoms with Crippen molar-refractivity contribution in [2.45, 2.75) is 25.6 Å². The van der Waals surface area contributed by atoms with Gasteiger partial charge in [0.1, 0.15) is 17.3 Å². The van der Waals surface area contributed by atoms with Crippen LogP contribution in [0.25, 0.3) is 16.9 Å². The molecule has 3 aromatic rings. The van der Waals surface area contributed by atoms with Crippen molar-refractivity contribution in [3.8, 4) is 11.3 Å². The number of hydrogen-bond donors (Lipinski definition) is 1. The average Bonchev–Trinajstić information content (AvgIpc) is 3.17. The number of methoxy groups -OCH3 is 1. The Morgan fingerprint density at radius 3 is 2.56 bits per heavy atom. The lowest BCUT2D eigenvalue weighted by Gasteiger charge is -2.35. The number of aromatic nitrogens is 2. The van der Waals surface area contributed by atoms with Crippen molar-refractivity contribution in [1.29, 1.82) is 0 Å². The number of morpholine rings is 1. The number of aliphatic hydroxyl groups is 1. The van der Waals surface area contributed by atoms with E-state index >= 15 is 8.78 Å². The van der Waals surface area contributed by atoms with Crippen LogP contribution in [0.3, 0.4) is 0 Å². The van der Waals surface area contributed by atoms with Gasteiger partial charge in [-0.1, -0.05) is 0 Å². The molecule has 2 amide bonds. The maximum Gasteiger partial charge on any atom is 0.409 e. The molecule has 0 aliphatic carbocycles. The van der Waals surface area contributed by atoms with Crippen LogP contribution in [-0.4, -0.2) is 88.4 Å². The third kappa shape index (κ3) is 4.40. The summed E-state index contributed by atoms with van der Waals surface area (Å²) < 4.78 is 43.2. The Hall–Kier alpha value is -3.57. The second-order valence-electron chi connectivity index (χ2n) is 9.13. The third-order valence-corrected chi connectivity index (χ3v) is 6.55. The highest BCUT2D eigenvalue weighted by Gasteiger charge is 2.32. The molecular weight excluding hydrogens is 474 g/mol.